The first-order valence-electron chi connectivity index (χ1n) is 9.74. The van der Waals surface area contributed by atoms with Gasteiger partial charge in [0.1, 0.15) is 0 Å². The Labute approximate surface area is 182 Å². The van der Waals surface area contributed by atoms with Crippen LogP contribution in [0.3, 0.4) is 0 Å². The van der Waals surface area contributed by atoms with E-state index < -0.39 is 12.1 Å². The van der Waals surface area contributed by atoms with Gasteiger partial charge in [-0.05, 0) is 43.3 Å². The van der Waals surface area contributed by atoms with Gasteiger partial charge in [0.25, 0.3) is 5.91 Å². The van der Waals surface area contributed by atoms with Crippen molar-refractivity contribution in [3.05, 3.63) is 84.7 Å². The molecule has 1 atom stereocenters. The molecule has 0 saturated carbocycles. The van der Waals surface area contributed by atoms with Crippen LogP contribution in [0.2, 0.25) is 0 Å². The van der Waals surface area contributed by atoms with E-state index in [0.29, 0.717) is 11.0 Å². The van der Waals surface area contributed by atoms with Crippen molar-refractivity contribution in [2.45, 2.75) is 22.8 Å². The predicted octanol–water partition coefficient (Wildman–Crippen LogP) is 5.00. The summed E-state index contributed by atoms with van der Waals surface area (Å²) in [5.41, 5.74) is 2.87. The summed E-state index contributed by atoms with van der Waals surface area (Å²) in [6.07, 6.45) is 0.356. The predicted molar refractivity (Wildman–Crippen MR) is 119 cm³/mol. The Morgan fingerprint density at radius 3 is 2.13 bits per heavy atom. The van der Waals surface area contributed by atoms with Crippen LogP contribution in [0.25, 0.3) is 11.0 Å². The Bertz CT molecular complexity index is 1280. The molecule has 0 aliphatic carbocycles. The lowest BCUT2D eigenvalue weighted by molar-refractivity contribution is -0.125. The first-order valence-corrected chi connectivity index (χ1v) is 10.6. The lowest BCUT2D eigenvalue weighted by Crippen LogP contribution is -2.38. The van der Waals surface area contributed by atoms with Crippen LogP contribution < -0.4 is 4.90 Å². The van der Waals surface area contributed by atoms with E-state index in [1.165, 1.54) is 6.20 Å². The van der Waals surface area contributed by atoms with Gasteiger partial charge in [-0.15, -0.1) is 0 Å². The quantitative estimate of drug-likeness (QED) is 0.428. The van der Waals surface area contributed by atoms with E-state index in [2.05, 4.69) is 9.97 Å². The van der Waals surface area contributed by atoms with Crippen LogP contribution in [-0.4, -0.2) is 27.9 Å². The first-order chi connectivity index (χ1) is 15.1. The summed E-state index contributed by atoms with van der Waals surface area (Å²) in [6.45, 7) is 1.57. The summed E-state index contributed by atoms with van der Waals surface area (Å²) in [6, 6.07) is 22.6. The van der Waals surface area contributed by atoms with Gasteiger partial charge >= 0.3 is 5.97 Å². The van der Waals surface area contributed by atoms with Gasteiger partial charge in [-0.3, -0.25) is 14.7 Å². The zero-order valence-corrected chi connectivity index (χ0v) is 17.4. The third-order valence-corrected chi connectivity index (χ3v) is 6.07. The molecule has 3 aromatic carbocycles. The smallest absolute Gasteiger partial charge is 0.359 e. The molecule has 0 saturated heterocycles. The SMILES string of the molecule is CC(OC(=O)c1cnc2ccccc2n1)C(=O)N1c2ccccc2Sc2ccccc21. The van der Waals surface area contributed by atoms with Gasteiger partial charge in [0, 0.05) is 9.79 Å². The molecule has 7 heteroatoms. The second-order valence-corrected chi connectivity index (χ2v) is 8.09. The molecular weight excluding hydrogens is 410 g/mol. The maximum Gasteiger partial charge on any atom is 0.359 e. The highest BCUT2D eigenvalue weighted by Gasteiger charge is 2.32. The largest absolute Gasteiger partial charge is 0.448 e. The molecule has 31 heavy (non-hydrogen) atoms. The molecule has 0 bridgehead atoms. The second-order valence-electron chi connectivity index (χ2n) is 7.00. The zero-order valence-electron chi connectivity index (χ0n) is 16.6. The third-order valence-electron chi connectivity index (χ3n) is 4.94. The normalized spacial score (nSPS) is 13.3. The molecule has 1 aliphatic heterocycles. The van der Waals surface area contributed by atoms with Crippen LogP contribution in [-0.2, 0) is 9.53 Å². The molecule has 0 radical (unpaired) electrons. The number of hydrogen-bond donors (Lipinski definition) is 0. The molecule has 1 aromatic heterocycles. The van der Waals surface area contributed by atoms with Crippen molar-refractivity contribution < 1.29 is 14.3 Å². The fourth-order valence-corrected chi connectivity index (χ4v) is 4.51. The van der Waals surface area contributed by atoms with E-state index in [9.17, 15) is 9.59 Å². The Hall–Kier alpha value is -3.71. The number of aromatic nitrogens is 2. The van der Waals surface area contributed by atoms with Crippen LogP contribution in [0.4, 0.5) is 11.4 Å². The molecule has 4 aromatic rings. The molecule has 1 unspecified atom stereocenters. The maximum absolute atomic E-state index is 13.4. The number of benzene rings is 3. The summed E-state index contributed by atoms with van der Waals surface area (Å²) < 4.78 is 5.49. The van der Waals surface area contributed by atoms with Crippen LogP contribution in [0.15, 0.2) is 88.8 Å². The Balaban J connectivity index is 1.43. The average Bonchev–Trinajstić information content (AvgIpc) is 2.81. The summed E-state index contributed by atoms with van der Waals surface area (Å²) in [4.78, 5) is 38.2. The number of anilines is 2. The fraction of sp³-hybridized carbons (Fsp3) is 0.0833. The Morgan fingerprint density at radius 2 is 1.45 bits per heavy atom. The average molecular weight is 427 g/mol. The standard InChI is InChI=1S/C24H17N3O3S/c1-15(30-24(29)18-14-25-16-8-2-3-9-17(16)26-18)23(28)27-19-10-4-6-12-21(19)31-22-13-7-5-11-20(22)27/h2-15H,1H3. The van der Waals surface area contributed by atoms with E-state index >= 15 is 0 Å². The number of esters is 1. The van der Waals surface area contributed by atoms with Gasteiger partial charge < -0.3 is 4.74 Å². The molecule has 6 nitrogen and oxygen atoms in total. The summed E-state index contributed by atoms with van der Waals surface area (Å²) in [5.74, 6) is -1.02. The number of amides is 1. The lowest BCUT2D eigenvalue weighted by atomic mass is 10.2. The molecule has 152 valence electrons. The number of rotatable bonds is 3. The Morgan fingerprint density at radius 1 is 0.871 bits per heavy atom. The lowest BCUT2D eigenvalue weighted by Gasteiger charge is -2.32. The fourth-order valence-electron chi connectivity index (χ4n) is 3.45. The van der Waals surface area contributed by atoms with Gasteiger partial charge in [-0.25, -0.2) is 9.78 Å². The van der Waals surface area contributed by atoms with Gasteiger partial charge in [0.15, 0.2) is 11.8 Å². The second kappa shape index (κ2) is 7.85. The molecule has 0 N–H and O–H groups in total. The summed E-state index contributed by atoms with van der Waals surface area (Å²) >= 11 is 1.61. The van der Waals surface area contributed by atoms with Crippen molar-refractivity contribution in [2.75, 3.05) is 4.90 Å². The minimum Gasteiger partial charge on any atom is -0.448 e. The number of nitrogens with zero attached hydrogens (tertiary/aromatic N) is 3. The van der Waals surface area contributed by atoms with Crippen molar-refractivity contribution in [3.8, 4) is 0 Å². The van der Waals surface area contributed by atoms with Gasteiger partial charge in [0.05, 0.1) is 28.6 Å². The number of para-hydroxylation sites is 4. The van der Waals surface area contributed by atoms with Crippen molar-refractivity contribution in [2.24, 2.45) is 0 Å². The number of fused-ring (bicyclic) bond motifs is 3. The molecule has 1 aliphatic rings. The third kappa shape index (κ3) is 3.53. The van der Waals surface area contributed by atoms with Crippen LogP contribution in [0.1, 0.15) is 17.4 Å². The van der Waals surface area contributed by atoms with Gasteiger partial charge in [-0.1, -0.05) is 48.2 Å². The van der Waals surface area contributed by atoms with E-state index in [1.54, 1.807) is 29.7 Å². The minimum absolute atomic E-state index is 0.0633. The van der Waals surface area contributed by atoms with Crippen molar-refractivity contribution >= 4 is 46.0 Å². The maximum atomic E-state index is 13.4. The molecule has 0 spiro atoms. The van der Waals surface area contributed by atoms with Crippen molar-refractivity contribution in [1.82, 2.24) is 9.97 Å². The van der Waals surface area contributed by atoms with E-state index in [0.717, 1.165) is 21.2 Å². The minimum atomic E-state index is -1.01. The number of ether oxygens (including phenoxy) is 1. The van der Waals surface area contributed by atoms with Crippen LogP contribution >= 0.6 is 11.8 Å². The number of hydrogen-bond acceptors (Lipinski definition) is 6. The highest BCUT2D eigenvalue weighted by molar-refractivity contribution is 7.99. The molecule has 2 heterocycles. The molecular formula is C24H17N3O3S. The summed E-state index contributed by atoms with van der Waals surface area (Å²) in [5, 5.41) is 0. The molecule has 0 fully saturated rings. The van der Waals surface area contributed by atoms with E-state index in [1.807, 2.05) is 66.7 Å². The monoisotopic (exact) mass is 427 g/mol. The van der Waals surface area contributed by atoms with Crippen LogP contribution in [0.5, 0.6) is 0 Å². The van der Waals surface area contributed by atoms with Crippen molar-refractivity contribution in [1.29, 1.82) is 0 Å². The molecule has 5 rings (SSSR count). The highest BCUT2D eigenvalue weighted by atomic mass is 32.2. The molecule has 1 amide bonds. The zero-order chi connectivity index (χ0) is 21.4. The summed E-state index contributed by atoms with van der Waals surface area (Å²) in [7, 11) is 0. The first kappa shape index (κ1) is 19.3. The Kier molecular flexibility index (Phi) is 4.88. The topological polar surface area (TPSA) is 72.4 Å². The van der Waals surface area contributed by atoms with E-state index in [4.69, 9.17) is 4.74 Å². The van der Waals surface area contributed by atoms with E-state index in [-0.39, 0.29) is 11.6 Å². The number of carbonyl (C=O) groups excluding carboxylic acids is 2. The van der Waals surface area contributed by atoms with Crippen molar-refractivity contribution in [3.63, 3.8) is 0 Å². The highest BCUT2D eigenvalue weighted by Crippen LogP contribution is 2.48. The van der Waals surface area contributed by atoms with Gasteiger partial charge in [-0.2, -0.15) is 0 Å². The number of carbonyl (C=O) groups is 2. The van der Waals surface area contributed by atoms with Gasteiger partial charge in [0.2, 0.25) is 0 Å². The van der Waals surface area contributed by atoms with Crippen LogP contribution in [0, 0.1) is 0 Å².